The molecule has 0 amide bonds. The molecule has 0 radical (unpaired) electrons. The molecule has 0 N–H and O–H groups in total. The van der Waals surface area contributed by atoms with Crippen LogP contribution in [0.1, 0.15) is 103 Å². The molecule has 46 heavy (non-hydrogen) atoms. The number of aryl methyl sites for hydroxylation is 1. The van der Waals surface area contributed by atoms with Gasteiger partial charge in [-0.15, -0.1) is 0 Å². The van der Waals surface area contributed by atoms with E-state index in [1.54, 1.807) is 54.7 Å². The molecule has 0 aliphatic heterocycles. The van der Waals surface area contributed by atoms with E-state index in [4.69, 9.17) is 14.2 Å². The molecule has 4 aromatic rings. The number of ether oxygens (including phenoxy) is 3. The molecule has 0 aliphatic carbocycles. The van der Waals surface area contributed by atoms with Crippen LogP contribution in [0.25, 0.3) is 0 Å². The lowest BCUT2D eigenvalue weighted by molar-refractivity contribution is 0.0730. The fourth-order valence-electron chi connectivity index (χ4n) is 4.85. The summed E-state index contributed by atoms with van der Waals surface area (Å²) in [7, 11) is 0. The predicted molar refractivity (Wildman–Crippen MR) is 185 cm³/mol. The molecule has 0 atom stereocenters. The fourth-order valence-corrected chi connectivity index (χ4v) is 4.85. The Bertz CT molecular complexity index is 1510. The first-order chi connectivity index (χ1) is 22.5. The van der Waals surface area contributed by atoms with Crippen LogP contribution in [-0.4, -0.2) is 24.8 Å². The second-order valence-electron chi connectivity index (χ2n) is 11.4. The Balaban J connectivity index is 1.21. The number of carbonyl (C=O) groups is 2. The molecule has 240 valence electrons. The maximum Gasteiger partial charge on any atom is 0.343 e. The van der Waals surface area contributed by atoms with Crippen molar-refractivity contribution in [1.29, 1.82) is 0 Å². The summed E-state index contributed by atoms with van der Waals surface area (Å²) in [6.07, 6.45) is 13.7. The van der Waals surface area contributed by atoms with Gasteiger partial charge in [-0.1, -0.05) is 70.9 Å². The fraction of sp³-hybridized carbons (Fsp3) is 0.325. The van der Waals surface area contributed by atoms with Gasteiger partial charge in [0.15, 0.2) is 0 Å². The Morgan fingerprint density at radius 1 is 0.565 bits per heavy atom. The second kappa shape index (κ2) is 18.9. The summed E-state index contributed by atoms with van der Waals surface area (Å²) in [4.78, 5) is 29.8. The highest BCUT2D eigenvalue weighted by molar-refractivity contribution is 5.93. The van der Waals surface area contributed by atoms with Crippen LogP contribution in [0.3, 0.4) is 0 Å². The lowest BCUT2D eigenvalue weighted by atomic mass is 10.0. The van der Waals surface area contributed by atoms with Gasteiger partial charge in [0.25, 0.3) is 0 Å². The normalized spacial score (nSPS) is 11.0. The van der Waals surface area contributed by atoms with Crippen molar-refractivity contribution >= 4 is 23.8 Å². The highest BCUT2D eigenvalue weighted by atomic mass is 16.5. The molecule has 0 saturated carbocycles. The maximum absolute atomic E-state index is 12.7. The third-order valence-corrected chi connectivity index (χ3v) is 7.62. The Morgan fingerprint density at radius 3 is 1.65 bits per heavy atom. The summed E-state index contributed by atoms with van der Waals surface area (Å²) >= 11 is 0. The summed E-state index contributed by atoms with van der Waals surface area (Å²) in [5.41, 5.74) is 3.76. The van der Waals surface area contributed by atoms with Crippen molar-refractivity contribution in [3.05, 3.63) is 119 Å². The summed E-state index contributed by atoms with van der Waals surface area (Å²) in [6.45, 7) is 5.14. The SMILES string of the molecule is CCCCCCCc1ccc(C(=O)Oc2ccc(C(=O)Oc3ccc(C=Nc4ccc(OCCCCCC)cc4)cc3)cc2)cc1. The molecular formula is C40H45NO5. The molecule has 0 aliphatic rings. The Hall–Kier alpha value is -4.71. The van der Waals surface area contributed by atoms with Crippen molar-refractivity contribution in [1.82, 2.24) is 0 Å². The van der Waals surface area contributed by atoms with Crippen LogP contribution in [0.15, 0.2) is 102 Å². The number of nitrogens with zero attached hydrogens (tertiary/aromatic N) is 1. The predicted octanol–water partition coefficient (Wildman–Crippen LogP) is 10.3. The van der Waals surface area contributed by atoms with Gasteiger partial charge in [0.05, 0.1) is 23.4 Å². The summed E-state index contributed by atoms with van der Waals surface area (Å²) in [6, 6.07) is 28.7. The topological polar surface area (TPSA) is 74.2 Å². The molecule has 4 aromatic carbocycles. The lowest BCUT2D eigenvalue weighted by Crippen LogP contribution is -2.10. The number of aliphatic imine (C=N–C) groups is 1. The van der Waals surface area contributed by atoms with Crippen LogP contribution in [0, 0.1) is 0 Å². The van der Waals surface area contributed by atoms with Gasteiger partial charge in [0.2, 0.25) is 0 Å². The van der Waals surface area contributed by atoms with Gasteiger partial charge < -0.3 is 14.2 Å². The first kappa shape index (κ1) is 34.2. The van der Waals surface area contributed by atoms with Gasteiger partial charge in [0, 0.05) is 6.21 Å². The van der Waals surface area contributed by atoms with Crippen LogP contribution in [0.4, 0.5) is 5.69 Å². The molecular weight excluding hydrogens is 574 g/mol. The van der Waals surface area contributed by atoms with Crippen molar-refractivity contribution in [3.8, 4) is 17.2 Å². The van der Waals surface area contributed by atoms with Crippen LogP contribution >= 0.6 is 0 Å². The zero-order valence-corrected chi connectivity index (χ0v) is 27.1. The Kier molecular flexibility index (Phi) is 14.1. The van der Waals surface area contributed by atoms with E-state index in [0.29, 0.717) is 22.6 Å². The zero-order valence-electron chi connectivity index (χ0n) is 27.1. The lowest BCUT2D eigenvalue weighted by Gasteiger charge is -2.08. The van der Waals surface area contributed by atoms with Gasteiger partial charge in [-0.2, -0.15) is 0 Å². The highest BCUT2D eigenvalue weighted by Gasteiger charge is 2.12. The van der Waals surface area contributed by atoms with E-state index in [9.17, 15) is 9.59 Å². The molecule has 0 saturated heterocycles. The molecule has 6 heteroatoms. The van der Waals surface area contributed by atoms with Crippen molar-refractivity contribution in [3.63, 3.8) is 0 Å². The Morgan fingerprint density at radius 2 is 1.07 bits per heavy atom. The number of rotatable bonds is 18. The minimum absolute atomic E-state index is 0.349. The molecule has 0 spiro atoms. The first-order valence-corrected chi connectivity index (χ1v) is 16.5. The second-order valence-corrected chi connectivity index (χ2v) is 11.4. The number of unbranched alkanes of at least 4 members (excludes halogenated alkanes) is 7. The van der Waals surface area contributed by atoms with Gasteiger partial charge in [-0.3, -0.25) is 4.99 Å². The van der Waals surface area contributed by atoms with Crippen molar-refractivity contribution in [2.45, 2.75) is 78.1 Å². The van der Waals surface area contributed by atoms with Gasteiger partial charge in [0.1, 0.15) is 17.2 Å². The monoisotopic (exact) mass is 619 g/mol. The number of hydrogen-bond donors (Lipinski definition) is 0. The van der Waals surface area contributed by atoms with Gasteiger partial charge in [-0.05, 0) is 115 Å². The van der Waals surface area contributed by atoms with E-state index in [0.717, 1.165) is 42.9 Å². The van der Waals surface area contributed by atoms with Crippen LogP contribution in [-0.2, 0) is 6.42 Å². The standard InChI is InChI=1S/C40H45NO5/c1-3-5-7-9-10-12-31-13-17-33(18-14-31)39(42)46-38-25-19-34(20-26-38)40(43)45-37-23-15-32(16-24-37)30-41-35-21-27-36(28-22-35)44-29-11-8-6-4-2/h13-28,30H,3-12,29H2,1-2H3. The van der Waals surface area contributed by atoms with Crippen molar-refractivity contribution < 1.29 is 23.8 Å². The van der Waals surface area contributed by atoms with E-state index in [1.165, 1.54) is 50.5 Å². The average Bonchev–Trinajstić information content (AvgIpc) is 3.09. The minimum Gasteiger partial charge on any atom is -0.494 e. The third kappa shape index (κ3) is 11.7. The number of hydrogen-bond acceptors (Lipinski definition) is 6. The maximum atomic E-state index is 12.7. The van der Waals surface area contributed by atoms with E-state index in [-0.39, 0.29) is 0 Å². The average molecular weight is 620 g/mol. The smallest absolute Gasteiger partial charge is 0.343 e. The quantitative estimate of drug-likeness (QED) is 0.0479. The number of benzene rings is 4. The molecule has 4 rings (SSSR count). The molecule has 0 bridgehead atoms. The third-order valence-electron chi connectivity index (χ3n) is 7.62. The van der Waals surface area contributed by atoms with E-state index in [1.807, 2.05) is 48.5 Å². The Labute approximate surface area is 273 Å². The van der Waals surface area contributed by atoms with E-state index in [2.05, 4.69) is 18.8 Å². The zero-order chi connectivity index (χ0) is 32.4. The minimum atomic E-state index is -0.503. The van der Waals surface area contributed by atoms with Crippen molar-refractivity contribution in [2.75, 3.05) is 6.61 Å². The molecule has 0 heterocycles. The van der Waals surface area contributed by atoms with Crippen LogP contribution in [0.2, 0.25) is 0 Å². The number of esters is 2. The summed E-state index contributed by atoms with van der Waals surface area (Å²) in [5, 5.41) is 0. The van der Waals surface area contributed by atoms with Gasteiger partial charge in [-0.25, -0.2) is 9.59 Å². The molecule has 0 aromatic heterocycles. The van der Waals surface area contributed by atoms with Crippen LogP contribution < -0.4 is 14.2 Å². The summed E-state index contributed by atoms with van der Waals surface area (Å²) < 4.78 is 16.8. The summed E-state index contributed by atoms with van der Waals surface area (Å²) in [5.74, 6) is 0.684. The van der Waals surface area contributed by atoms with Crippen molar-refractivity contribution in [2.24, 2.45) is 4.99 Å². The molecule has 0 fully saturated rings. The first-order valence-electron chi connectivity index (χ1n) is 16.5. The largest absolute Gasteiger partial charge is 0.494 e. The van der Waals surface area contributed by atoms with Crippen LogP contribution in [0.5, 0.6) is 17.2 Å². The molecule has 6 nitrogen and oxygen atoms in total. The highest BCUT2D eigenvalue weighted by Crippen LogP contribution is 2.21. The van der Waals surface area contributed by atoms with E-state index >= 15 is 0 Å². The van der Waals surface area contributed by atoms with Gasteiger partial charge >= 0.3 is 11.9 Å². The van der Waals surface area contributed by atoms with E-state index < -0.39 is 11.9 Å². The molecule has 0 unspecified atom stereocenters. The number of carbonyl (C=O) groups excluding carboxylic acids is 2.